The summed E-state index contributed by atoms with van der Waals surface area (Å²) in [5, 5.41) is 9.99. The van der Waals surface area contributed by atoms with E-state index >= 15 is 0 Å². The van der Waals surface area contributed by atoms with Gasteiger partial charge in [-0.3, -0.25) is 18.4 Å². The number of hydrogen-bond acceptors (Lipinski definition) is 15. The number of phosphoric acid groups is 1. The molecule has 0 aliphatic carbocycles. The first kappa shape index (κ1) is 55.6. The Kier molecular flexibility index (Phi) is 27.1. The summed E-state index contributed by atoms with van der Waals surface area (Å²) in [5.41, 5.74) is 5.69. The first-order valence-corrected chi connectivity index (χ1v) is 25.1. The van der Waals surface area contributed by atoms with Crippen molar-refractivity contribution < 1.29 is 78.5 Å². The van der Waals surface area contributed by atoms with Crippen LogP contribution >= 0.6 is 7.82 Å². The summed E-state index contributed by atoms with van der Waals surface area (Å²) in [6, 6.07) is -0.610. The first-order chi connectivity index (χ1) is 28.8. The summed E-state index contributed by atoms with van der Waals surface area (Å²) < 4.78 is 85.4. The molecular formula is C41H78N2O16PS+. The maximum absolute atomic E-state index is 12.1. The Labute approximate surface area is 364 Å². The van der Waals surface area contributed by atoms with E-state index in [1.807, 2.05) is 21.1 Å². The molecule has 1 unspecified atom stereocenters. The second kappa shape index (κ2) is 29.8. The van der Waals surface area contributed by atoms with Crippen molar-refractivity contribution in [2.75, 3.05) is 67.3 Å². The first-order valence-electron chi connectivity index (χ1n) is 22.2. The van der Waals surface area contributed by atoms with Crippen LogP contribution in [0.3, 0.4) is 0 Å². The van der Waals surface area contributed by atoms with Gasteiger partial charge >= 0.3 is 30.2 Å². The number of fused-ring (bicyclic) bond motifs is 2. The second-order valence-electron chi connectivity index (χ2n) is 17.3. The molecule has 0 aromatic carbocycles. The van der Waals surface area contributed by atoms with E-state index in [1.165, 1.54) is 57.9 Å². The number of hydrogen-bond donors (Lipinski definition) is 4. The number of phosphoric ester groups is 1. The zero-order chi connectivity index (χ0) is 45.2. The standard InChI is InChI=1S/C41H77N2O16PS/c1-34(44)57-37-24-26-41(25-20-16-11-9-7-5-6-8-10-12-17-21-28-52-30-35(42)31-56-61(49,50)51)58-38(40(37)59-41)22-18-14-13-15-19-23-39(46)53-32-36(45)33-55-60(47,48)54-29-27-43(2,3)4/h19,23,35-38,40,45H,5-18,20-22,24-33,42H2,1-4H3,(H-,47,48,49,50,51)/p+1/b23-19+/t35-,36-,37-,38-,40-,41+/m1/s1. The van der Waals surface area contributed by atoms with Crippen LogP contribution in [0, 0.1) is 0 Å². The van der Waals surface area contributed by atoms with Crippen molar-refractivity contribution in [1.82, 2.24) is 0 Å². The van der Waals surface area contributed by atoms with Gasteiger partial charge in [0, 0.05) is 32.4 Å². The fourth-order valence-corrected chi connectivity index (χ4v) is 8.26. The molecule has 2 heterocycles. The third-order valence-electron chi connectivity index (χ3n) is 10.4. The lowest BCUT2D eigenvalue weighted by Crippen LogP contribution is -2.43. The summed E-state index contributed by atoms with van der Waals surface area (Å²) >= 11 is 0. The van der Waals surface area contributed by atoms with Gasteiger partial charge in [0.25, 0.3) is 0 Å². The smallest absolute Gasteiger partial charge is 0.460 e. The summed E-state index contributed by atoms with van der Waals surface area (Å²) in [6.45, 7) is 1.43. The molecule has 2 aliphatic heterocycles. The molecule has 2 rings (SSSR count). The number of esters is 2. The van der Waals surface area contributed by atoms with Gasteiger partial charge in [-0.05, 0) is 38.5 Å². The van der Waals surface area contributed by atoms with Crippen molar-refractivity contribution in [3.05, 3.63) is 12.2 Å². The molecule has 2 aliphatic rings. The number of aliphatic hydroxyl groups is 1. The van der Waals surface area contributed by atoms with Crippen LogP contribution in [0.25, 0.3) is 0 Å². The van der Waals surface area contributed by atoms with E-state index in [1.54, 1.807) is 6.08 Å². The molecule has 18 nitrogen and oxygen atoms in total. The molecule has 2 saturated heterocycles. The van der Waals surface area contributed by atoms with Crippen molar-refractivity contribution in [2.45, 2.75) is 172 Å². The van der Waals surface area contributed by atoms with Crippen molar-refractivity contribution in [3.63, 3.8) is 0 Å². The fourth-order valence-electron chi connectivity index (χ4n) is 7.17. The molecule has 7 atom stereocenters. The van der Waals surface area contributed by atoms with Crippen LogP contribution in [0.2, 0.25) is 0 Å². The number of ether oxygens (including phenoxy) is 5. The van der Waals surface area contributed by atoms with Crippen molar-refractivity contribution in [1.29, 1.82) is 0 Å². The lowest BCUT2D eigenvalue weighted by Gasteiger charge is -2.35. The van der Waals surface area contributed by atoms with E-state index < -0.39 is 55.3 Å². The molecule has 2 fully saturated rings. The maximum atomic E-state index is 12.1. The maximum Gasteiger partial charge on any atom is 0.472 e. The van der Waals surface area contributed by atoms with Gasteiger partial charge in [-0.25, -0.2) is 13.5 Å². The van der Waals surface area contributed by atoms with Crippen LogP contribution in [-0.4, -0.2) is 143 Å². The number of nitrogens with two attached hydrogens (primary N) is 1. The SMILES string of the molecule is CC(=O)O[C@@H]1CC[C@]2(CCCCCCCCCCCCCCOC[C@@H](N)COS(=O)(=O)O)O[C@H]1[C@@H](CCCCC/C=C/C(=O)OC[C@@H](O)COP(=O)(O)OCC[N+](C)(C)C)O2. The Balaban J connectivity index is 1.53. The molecule has 0 spiro atoms. The molecule has 0 amide bonds. The third-order valence-corrected chi connectivity index (χ3v) is 11.8. The summed E-state index contributed by atoms with van der Waals surface area (Å²) in [4.78, 5) is 33.7. The Morgan fingerprint density at radius 1 is 0.869 bits per heavy atom. The number of aliphatic hydroxyl groups excluding tert-OH is 1. The van der Waals surface area contributed by atoms with E-state index in [4.69, 9.17) is 43.0 Å². The van der Waals surface area contributed by atoms with Crippen LogP contribution in [0.15, 0.2) is 12.2 Å². The average molecular weight is 918 g/mol. The average Bonchev–Trinajstić information content (AvgIpc) is 3.47. The minimum absolute atomic E-state index is 0.00740. The monoisotopic (exact) mass is 917 g/mol. The summed E-state index contributed by atoms with van der Waals surface area (Å²) in [5.74, 6) is -1.57. The van der Waals surface area contributed by atoms with Gasteiger partial charge in [-0.1, -0.05) is 83.1 Å². The van der Waals surface area contributed by atoms with E-state index in [0.29, 0.717) is 30.5 Å². The molecule has 20 heteroatoms. The third kappa shape index (κ3) is 28.1. The zero-order valence-electron chi connectivity index (χ0n) is 37.2. The van der Waals surface area contributed by atoms with Gasteiger partial charge in [0.2, 0.25) is 0 Å². The van der Waals surface area contributed by atoms with Crippen molar-refractivity contribution >= 4 is 30.2 Å². The number of carbonyl (C=O) groups excluding carboxylic acids is 2. The summed E-state index contributed by atoms with van der Waals surface area (Å²) in [6.07, 6.45) is 21.1. The van der Waals surface area contributed by atoms with Gasteiger partial charge in [-0.15, -0.1) is 0 Å². The number of carbonyl (C=O) groups is 2. The molecule has 2 bridgehead atoms. The molecule has 0 saturated carbocycles. The Bertz CT molecular complexity index is 1420. The van der Waals surface area contributed by atoms with Crippen LogP contribution in [0.1, 0.15) is 135 Å². The largest absolute Gasteiger partial charge is 0.472 e. The highest BCUT2D eigenvalue weighted by molar-refractivity contribution is 7.80. The van der Waals surface area contributed by atoms with Gasteiger partial charge in [0.05, 0.1) is 53.1 Å². The lowest BCUT2D eigenvalue weighted by molar-refractivity contribution is -0.870. The number of nitrogens with zero attached hydrogens (tertiary/aromatic N) is 1. The molecule has 0 aromatic rings. The fraction of sp³-hybridized carbons (Fsp3) is 0.902. The number of unbranched alkanes of at least 4 members (excludes halogenated alkanes) is 14. The van der Waals surface area contributed by atoms with Gasteiger partial charge in [0.15, 0.2) is 5.79 Å². The molecule has 5 N–H and O–H groups in total. The minimum Gasteiger partial charge on any atom is -0.460 e. The second-order valence-corrected chi connectivity index (χ2v) is 19.9. The molecular weight excluding hydrogens is 839 g/mol. The molecule has 0 radical (unpaired) electrons. The molecule has 0 aromatic heterocycles. The highest BCUT2D eigenvalue weighted by Gasteiger charge is 2.54. The van der Waals surface area contributed by atoms with Crippen molar-refractivity contribution in [3.8, 4) is 0 Å². The van der Waals surface area contributed by atoms with Crippen LogP contribution in [-0.2, 0) is 61.5 Å². The Hall–Kier alpha value is -1.58. The quantitative estimate of drug-likeness (QED) is 0.0146. The van der Waals surface area contributed by atoms with Gasteiger partial charge < -0.3 is 43.9 Å². The molecule has 358 valence electrons. The predicted octanol–water partition coefficient (Wildman–Crippen LogP) is 5.68. The van der Waals surface area contributed by atoms with E-state index in [2.05, 4.69) is 4.18 Å². The van der Waals surface area contributed by atoms with E-state index in [0.717, 1.165) is 70.6 Å². The van der Waals surface area contributed by atoms with Crippen LogP contribution < -0.4 is 5.73 Å². The lowest BCUT2D eigenvalue weighted by atomic mass is 9.94. The number of allylic oxidation sites excluding steroid dienone is 1. The molecule has 61 heavy (non-hydrogen) atoms. The predicted molar refractivity (Wildman–Crippen MR) is 227 cm³/mol. The normalized spacial score (nSPS) is 22.6. The van der Waals surface area contributed by atoms with Gasteiger partial charge in [-0.2, -0.15) is 8.42 Å². The Morgan fingerprint density at radius 2 is 1.49 bits per heavy atom. The van der Waals surface area contributed by atoms with Gasteiger partial charge in [0.1, 0.15) is 38.1 Å². The van der Waals surface area contributed by atoms with E-state index in [-0.39, 0.29) is 44.1 Å². The van der Waals surface area contributed by atoms with Crippen LogP contribution in [0.5, 0.6) is 0 Å². The summed E-state index contributed by atoms with van der Waals surface area (Å²) in [7, 11) is -3.07. The highest BCUT2D eigenvalue weighted by atomic mass is 32.3. The minimum atomic E-state index is -4.48. The Morgan fingerprint density at radius 3 is 2.11 bits per heavy atom. The number of rotatable bonds is 37. The van der Waals surface area contributed by atoms with Crippen LogP contribution in [0.4, 0.5) is 0 Å². The highest BCUT2D eigenvalue weighted by Crippen LogP contribution is 2.46. The van der Waals surface area contributed by atoms with E-state index in [9.17, 15) is 32.6 Å². The number of quaternary nitrogens is 1. The number of likely N-dealkylation sites (N-methyl/N-ethyl adjacent to an activating group) is 1. The topological polar surface area (TPSA) is 246 Å². The van der Waals surface area contributed by atoms with Crippen molar-refractivity contribution in [2.24, 2.45) is 5.73 Å². The zero-order valence-corrected chi connectivity index (χ0v) is 38.9.